The first-order valence-corrected chi connectivity index (χ1v) is 7.00. The Labute approximate surface area is 123 Å². The third-order valence-electron chi connectivity index (χ3n) is 3.48. The maximum absolute atomic E-state index is 12.1. The number of fused-ring (bicyclic) bond motifs is 1. The predicted octanol–water partition coefficient (Wildman–Crippen LogP) is 3.24. The Kier molecular flexibility index (Phi) is 3.61. The van der Waals surface area contributed by atoms with Crippen LogP contribution >= 0.6 is 11.6 Å². The first-order chi connectivity index (χ1) is 9.74. The molecule has 0 bridgehead atoms. The van der Waals surface area contributed by atoms with Crippen LogP contribution in [0.2, 0.25) is 5.02 Å². The number of hydrogen-bond donors (Lipinski definition) is 2. The highest BCUT2D eigenvalue weighted by atomic mass is 35.5. The van der Waals surface area contributed by atoms with Gasteiger partial charge >= 0.3 is 0 Å². The summed E-state index contributed by atoms with van der Waals surface area (Å²) in [5.74, 6) is -0.0820. The normalized spacial score (nSPS) is 12.7. The van der Waals surface area contributed by atoms with E-state index in [9.17, 15) is 4.79 Å². The molecule has 20 heavy (non-hydrogen) atoms. The minimum Gasteiger partial charge on any atom is -0.384 e. The van der Waals surface area contributed by atoms with Gasteiger partial charge in [0.05, 0.1) is 0 Å². The number of carbonyl (C=O) groups is 1. The van der Waals surface area contributed by atoms with Gasteiger partial charge in [0.15, 0.2) is 0 Å². The fraction of sp³-hybridized carbons (Fsp3) is 0.188. The highest BCUT2D eigenvalue weighted by Crippen LogP contribution is 2.23. The maximum atomic E-state index is 12.1. The molecular weight excluding hydrogens is 272 g/mol. The number of hydrogen-bond acceptors (Lipinski definition) is 2. The van der Waals surface area contributed by atoms with Crippen molar-refractivity contribution in [3.63, 3.8) is 0 Å². The van der Waals surface area contributed by atoms with E-state index in [1.54, 1.807) is 0 Å². The minimum absolute atomic E-state index is 0.0820. The summed E-state index contributed by atoms with van der Waals surface area (Å²) in [5.41, 5.74) is 3.93. The van der Waals surface area contributed by atoms with Crippen LogP contribution in [0.5, 0.6) is 0 Å². The molecule has 2 N–H and O–H groups in total. The molecule has 0 saturated heterocycles. The van der Waals surface area contributed by atoms with Crippen LogP contribution in [-0.4, -0.2) is 12.5 Å². The van der Waals surface area contributed by atoms with E-state index in [2.05, 4.69) is 10.6 Å². The van der Waals surface area contributed by atoms with Gasteiger partial charge in [-0.05, 0) is 35.7 Å². The van der Waals surface area contributed by atoms with Crippen molar-refractivity contribution >= 4 is 23.2 Å². The van der Waals surface area contributed by atoms with Gasteiger partial charge in [-0.3, -0.25) is 4.79 Å². The lowest BCUT2D eigenvalue weighted by molar-refractivity contribution is 0.0951. The first kappa shape index (κ1) is 13.0. The zero-order chi connectivity index (χ0) is 13.9. The molecule has 2 aromatic carbocycles. The van der Waals surface area contributed by atoms with E-state index in [1.165, 1.54) is 5.56 Å². The third-order valence-corrected chi connectivity index (χ3v) is 3.85. The fourth-order valence-corrected chi connectivity index (χ4v) is 2.55. The lowest BCUT2D eigenvalue weighted by Crippen LogP contribution is -2.23. The molecule has 0 aromatic heterocycles. The van der Waals surface area contributed by atoms with Gasteiger partial charge in [-0.15, -0.1) is 0 Å². The quantitative estimate of drug-likeness (QED) is 0.909. The summed E-state index contributed by atoms with van der Waals surface area (Å²) in [4.78, 5) is 12.1. The maximum Gasteiger partial charge on any atom is 0.251 e. The van der Waals surface area contributed by atoms with Crippen LogP contribution in [0.3, 0.4) is 0 Å². The molecule has 1 aliphatic rings. The summed E-state index contributed by atoms with van der Waals surface area (Å²) in [5, 5.41) is 6.84. The van der Waals surface area contributed by atoms with Gasteiger partial charge in [0, 0.05) is 29.4 Å². The number of anilines is 1. The number of carbonyl (C=O) groups excluding carboxylic acids is 1. The van der Waals surface area contributed by atoms with Crippen molar-refractivity contribution in [1.82, 2.24) is 5.32 Å². The van der Waals surface area contributed by atoms with E-state index in [4.69, 9.17) is 11.6 Å². The smallest absolute Gasteiger partial charge is 0.251 e. The number of benzene rings is 2. The molecule has 2 aromatic rings. The zero-order valence-corrected chi connectivity index (χ0v) is 11.7. The van der Waals surface area contributed by atoms with Crippen molar-refractivity contribution in [2.45, 2.75) is 13.0 Å². The molecule has 4 heteroatoms. The lowest BCUT2D eigenvalue weighted by atomic mass is 10.1. The second kappa shape index (κ2) is 5.55. The largest absolute Gasteiger partial charge is 0.384 e. The average Bonchev–Trinajstić information content (AvgIpc) is 2.93. The van der Waals surface area contributed by atoms with Gasteiger partial charge < -0.3 is 10.6 Å². The SMILES string of the molecule is O=C(NCc1ccccc1Cl)c1ccc2c(c1)NCC2. The Morgan fingerprint density at radius 3 is 2.95 bits per heavy atom. The minimum atomic E-state index is -0.0820. The Morgan fingerprint density at radius 2 is 2.10 bits per heavy atom. The molecule has 0 fully saturated rings. The molecule has 0 aliphatic carbocycles. The Morgan fingerprint density at radius 1 is 1.25 bits per heavy atom. The number of halogens is 1. The molecule has 1 aliphatic heterocycles. The van der Waals surface area contributed by atoms with Crippen LogP contribution in [0.4, 0.5) is 5.69 Å². The topological polar surface area (TPSA) is 41.1 Å². The van der Waals surface area contributed by atoms with E-state index in [0.717, 1.165) is 24.2 Å². The van der Waals surface area contributed by atoms with Crippen LogP contribution in [0.1, 0.15) is 21.5 Å². The summed E-state index contributed by atoms with van der Waals surface area (Å²) < 4.78 is 0. The molecule has 1 heterocycles. The van der Waals surface area contributed by atoms with E-state index < -0.39 is 0 Å². The van der Waals surface area contributed by atoms with Crippen LogP contribution in [0.25, 0.3) is 0 Å². The van der Waals surface area contributed by atoms with Gasteiger partial charge in [-0.2, -0.15) is 0 Å². The molecule has 1 amide bonds. The second-order valence-electron chi connectivity index (χ2n) is 4.82. The fourth-order valence-electron chi connectivity index (χ4n) is 2.35. The number of nitrogens with one attached hydrogen (secondary N) is 2. The summed E-state index contributed by atoms with van der Waals surface area (Å²) >= 11 is 6.07. The molecule has 0 saturated carbocycles. The average molecular weight is 287 g/mol. The molecule has 0 spiro atoms. The standard InChI is InChI=1S/C16H15ClN2O/c17-14-4-2-1-3-13(14)10-19-16(20)12-6-5-11-7-8-18-15(11)9-12/h1-6,9,18H,7-8,10H2,(H,19,20). The molecule has 3 rings (SSSR count). The highest BCUT2D eigenvalue weighted by molar-refractivity contribution is 6.31. The van der Waals surface area contributed by atoms with Crippen LogP contribution in [-0.2, 0) is 13.0 Å². The number of amides is 1. The molecule has 102 valence electrons. The summed E-state index contributed by atoms with van der Waals surface area (Å²) in [6.45, 7) is 1.38. The second-order valence-corrected chi connectivity index (χ2v) is 5.23. The summed E-state index contributed by atoms with van der Waals surface area (Å²) in [6, 6.07) is 13.3. The molecule has 0 unspecified atom stereocenters. The number of rotatable bonds is 3. The zero-order valence-electron chi connectivity index (χ0n) is 10.9. The third kappa shape index (κ3) is 2.63. The molecular formula is C16H15ClN2O. The lowest BCUT2D eigenvalue weighted by Gasteiger charge is -2.08. The van der Waals surface area contributed by atoms with E-state index in [0.29, 0.717) is 17.1 Å². The Hall–Kier alpha value is -2.00. The van der Waals surface area contributed by atoms with Crippen molar-refractivity contribution in [3.05, 3.63) is 64.2 Å². The van der Waals surface area contributed by atoms with Gasteiger partial charge in [0.25, 0.3) is 5.91 Å². The van der Waals surface area contributed by atoms with Crippen molar-refractivity contribution < 1.29 is 4.79 Å². The Balaban J connectivity index is 1.69. The molecule has 3 nitrogen and oxygen atoms in total. The first-order valence-electron chi connectivity index (χ1n) is 6.62. The van der Waals surface area contributed by atoms with Crippen molar-refractivity contribution in [2.24, 2.45) is 0 Å². The van der Waals surface area contributed by atoms with Gasteiger partial charge in [0.1, 0.15) is 0 Å². The monoisotopic (exact) mass is 286 g/mol. The van der Waals surface area contributed by atoms with Crippen LogP contribution in [0.15, 0.2) is 42.5 Å². The molecule has 0 radical (unpaired) electrons. The van der Waals surface area contributed by atoms with Gasteiger partial charge in [0.2, 0.25) is 0 Å². The van der Waals surface area contributed by atoms with Crippen molar-refractivity contribution in [2.75, 3.05) is 11.9 Å². The highest BCUT2D eigenvalue weighted by Gasteiger charge is 2.13. The van der Waals surface area contributed by atoms with Crippen LogP contribution in [0, 0.1) is 0 Å². The van der Waals surface area contributed by atoms with Crippen molar-refractivity contribution in [3.8, 4) is 0 Å². The van der Waals surface area contributed by atoms with Crippen molar-refractivity contribution in [1.29, 1.82) is 0 Å². The molecule has 0 atom stereocenters. The van der Waals surface area contributed by atoms with E-state index in [-0.39, 0.29) is 5.91 Å². The van der Waals surface area contributed by atoms with E-state index in [1.807, 2.05) is 42.5 Å². The predicted molar refractivity (Wildman–Crippen MR) is 81.3 cm³/mol. The van der Waals surface area contributed by atoms with Gasteiger partial charge in [-0.25, -0.2) is 0 Å². The van der Waals surface area contributed by atoms with Crippen LogP contribution < -0.4 is 10.6 Å². The van der Waals surface area contributed by atoms with Gasteiger partial charge in [-0.1, -0.05) is 35.9 Å². The van der Waals surface area contributed by atoms with E-state index >= 15 is 0 Å². The Bertz CT molecular complexity index is 655. The summed E-state index contributed by atoms with van der Waals surface area (Å²) in [7, 11) is 0. The summed E-state index contributed by atoms with van der Waals surface area (Å²) in [6.07, 6.45) is 1.02.